The molecule has 0 unspecified atom stereocenters. The third kappa shape index (κ3) is 2.53. The minimum atomic E-state index is 0.629. The second-order valence-electron chi connectivity index (χ2n) is 4.01. The molecule has 0 fully saturated rings. The normalized spacial score (nSPS) is 10.3. The molecule has 0 saturated heterocycles. The molecular weight excluding hydrogens is 234 g/mol. The lowest BCUT2D eigenvalue weighted by Crippen LogP contribution is -1.95. The second-order valence-corrected chi connectivity index (χ2v) is 4.44. The zero-order valence-electron chi connectivity index (χ0n) is 9.83. The van der Waals surface area contributed by atoms with Crippen LogP contribution in [0.25, 0.3) is 0 Å². The van der Waals surface area contributed by atoms with Gasteiger partial charge in [0.05, 0.1) is 5.69 Å². The van der Waals surface area contributed by atoms with E-state index in [1.807, 2.05) is 44.2 Å². The molecule has 0 aliphatic rings. The van der Waals surface area contributed by atoms with E-state index >= 15 is 0 Å². The summed E-state index contributed by atoms with van der Waals surface area (Å²) in [5.41, 5.74) is 8.56. The summed E-state index contributed by atoms with van der Waals surface area (Å²) >= 11 is 5.95. The number of ether oxygens (including phenoxy) is 1. The summed E-state index contributed by atoms with van der Waals surface area (Å²) < 4.78 is 5.84. The number of hydrogen-bond donors (Lipinski definition) is 1. The molecule has 3 heteroatoms. The van der Waals surface area contributed by atoms with Crippen molar-refractivity contribution < 1.29 is 4.74 Å². The fourth-order valence-corrected chi connectivity index (χ4v) is 1.77. The topological polar surface area (TPSA) is 35.2 Å². The third-order valence-electron chi connectivity index (χ3n) is 2.60. The van der Waals surface area contributed by atoms with Crippen LogP contribution >= 0.6 is 11.6 Å². The highest BCUT2D eigenvalue weighted by atomic mass is 35.5. The monoisotopic (exact) mass is 247 g/mol. The van der Waals surface area contributed by atoms with E-state index in [1.54, 1.807) is 6.07 Å². The van der Waals surface area contributed by atoms with E-state index in [0.717, 1.165) is 16.9 Å². The van der Waals surface area contributed by atoms with Crippen LogP contribution in [-0.2, 0) is 0 Å². The smallest absolute Gasteiger partial charge is 0.153 e. The average Bonchev–Trinajstić information content (AvgIpc) is 2.28. The van der Waals surface area contributed by atoms with E-state index in [2.05, 4.69) is 0 Å². The van der Waals surface area contributed by atoms with Gasteiger partial charge in [-0.15, -0.1) is 0 Å². The van der Waals surface area contributed by atoms with Crippen molar-refractivity contribution in [2.45, 2.75) is 13.8 Å². The largest absolute Gasteiger partial charge is 0.455 e. The first-order valence-electron chi connectivity index (χ1n) is 5.37. The second kappa shape index (κ2) is 4.68. The predicted molar refractivity (Wildman–Crippen MR) is 71.9 cm³/mol. The lowest BCUT2D eigenvalue weighted by atomic mass is 10.2. The van der Waals surface area contributed by atoms with Gasteiger partial charge in [-0.3, -0.25) is 0 Å². The Morgan fingerprint density at radius 2 is 1.82 bits per heavy atom. The van der Waals surface area contributed by atoms with E-state index < -0.39 is 0 Å². The Balaban J connectivity index is 2.41. The Morgan fingerprint density at radius 1 is 1.06 bits per heavy atom. The first kappa shape index (κ1) is 11.8. The molecule has 0 bridgehead atoms. The number of halogens is 1. The molecule has 0 aliphatic carbocycles. The fourth-order valence-electron chi connectivity index (χ4n) is 1.61. The van der Waals surface area contributed by atoms with Crippen molar-refractivity contribution in [3.05, 3.63) is 52.5 Å². The number of benzene rings is 2. The van der Waals surface area contributed by atoms with Crippen molar-refractivity contribution in [1.82, 2.24) is 0 Å². The molecule has 17 heavy (non-hydrogen) atoms. The molecule has 0 heterocycles. The molecule has 0 aromatic heterocycles. The summed E-state index contributed by atoms with van der Waals surface area (Å²) in [5, 5.41) is 0.651. The van der Waals surface area contributed by atoms with Crippen molar-refractivity contribution in [2.75, 3.05) is 5.73 Å². The van der Waals surface area contributed by atoms with Crippen LogP contribution in [0.3, 0.4) is 0 Å². The van der Waals surface area contributed by atoms with E-state index in [9.17, 15) is 0 Å². The quantitative estimate of drug-likeness (QED) is 0.802. The van der Waals surface area contributed by atoms with Gasteiger partial charge in [-0.2, -0.15) is 0 Å². The van der Waals surface area contributed by atoms with Gasteiger partial charge >= 0.3 is 0 Å². The first-order chi connectivity index (χ1) is 8.08. The fraction of sp³-hybridized carbons (Fsp3) is 0.143. The highest BCUT2D eigenvalue weighted by molar-refractivity contribution is 6.30. The van der Waals surface area contributed by atoms with E-state index in [1.165, 1.54) is 0 Å². The van der Waals surface area contributed by atoms with Crippen LogP contribution in [0.15, 0.2) is 36.4 Å². The SMILES string of the molecule is Cc1ccc(Cl)cc1Oc1c(C)cccc1N. The van der Waals surface area contributed by atoms with Crippen LogP contribution in [0.1, 0.15) is 11.1 Å². The van der Waals surface area contributed by atoms with Crippen molar-refractivity contribution in [1.29, 1.82) is 0 Å². The molecule has 0 atom stereocenters. The average molecular weight is 248 g/mol. The van der Waals surface area contributed by atoms with E-state index in [4.69, 9.17) is 22.1 Å². The van der Waals surface area contributed by atoms with Crippen molar-refractivity contribution in [3.63, 3.8) is 0 Å². The standard InChI is InChI=1S/C14H14ClNO/c1-9-6-7-11(15)8-13(9)17-14-10(2)4-3-5-12(14)16/h3-8H,16H2,1-2H3. The highest BCUT2D eigenvalue weighted by Crippen LogP contribution is 2.33. The lowest BCUT2D eigenvalue weighted by Gasteiger charge is -2.13. The Morgan fingerprint density at radius 3 is 2.53 bits per heavy atom. The van der Waals surface area contributed by atoms with E-state index in [-0.39, 0.29) is 0 Å². The Labute approximate surface area is 106 Å². The maximum absolute atomic E-state index is 5.95. The minimum absolute atomic E-state index is 0.629. The van der Waals surface area contributed by atoms with Crippen molar-refractivity contribution in [3.8, 4) is 11.5 Å². The molecule has 0 radical (unpaired) electrons. The van der Waals surface area contributed by atoms with Gasteiger partial charge < -0.3 is 10.5 Å². The van der Waals surface area contributed by atoms with Gasteiger partial charge in [-0.05, 0) is 43.2 Å². The summed E-state index contributed by atoms with van der Waals surface area (Å²) in [7, 11) is 0. The third-order valence-corrected chi connectivity index (χ3v) is 2.84. The van der Waals surface area contributed by atoms with Gasteiger partial charge in [-0.25, -0.2) is 0 Å². The van der Waals surface area contributed by atoms with Gasteiger partial charge in [-0.1, -0.05) is 29.8 Å². The predicted octanol–water partition coefficient (Wildman–Crippen LogP) is 4.33. The first-order valence-corrected chi connectivity index (χ1v) is 5.75. The zero-order valence-corrected chi connectivity index (χ0v) is 10.6. The Kier molecular flexibility index (Phi) is 3.25. The van der Waals surface area contributed by atoms with Gasteiger partial charge in [0, 0.05) is 5.02 Å². The summed E-state index contributed by atoms with van der Waals surface area (Å²) in [4.78, 5) is 0. The number of rotatable bonds is 2. The summed E-state index contributed by atoms with van der Waals surface area (Å²) in [6.07, 6.45) is 0. The molecule has 0 saturated carbocycles. The van der Waals surface area contributed by atoms with Gasteiger partial charge in [0.2, 0.25) is 0 Å². The lowest BCUT2D eigenvalue weighted by molar-refractivity contribution is 0.477. The molecule has 2 aromatic rings. The van der Waals surface area contributed by atoms with Crippen molar-refractivity contribution >= 4 is 17.3 Å². The van der Waals surface area contributed by atoms with Crippen molar-refractivity contribution in [2.24, 2.45) is 0 Å². The number of nitrogens with two attached hydrogens (primary N) is 1. The Bertz CT molecular complexity index is 532. The summed E-state index contributed by atoms with van der Waals surface area (Å²) in [6.45, 7) is 3.94. The number of para-hydroxylation sites is 1. The van der Waals surface area contributed by atoms with Crippen LogP contribution in [0.2, 0.25) is 5.02 Å². The molecule has 0 amide bonds. The number of aryl methyl sites for hydroxylation is 2. The zero-order chi connectivity index (χ0) is 12.4. The van der Waals surface area contributed by atoms with Crippen LogP contribution < -0.4 is 10.5 Å². The molecule has 2 aromatic carbocycles. The maximum Gasteiger partial charge on any atom is 0.153 e. The van der Waals surface area contributed by atoms with Crippen LogP contribution in [0.4, 0.5) is 5.69 Å². The van der Waals surface area contributed by atoms with Gasteiger partial charge in [0.1, 0.15) is 5.75 Å². The van der Waals surface area contributed by atoms with Gasteiger partial charge in [0.25, 0.3) is 0 Å². The summed E-state index contributed by atoms with van der Waals surface area (Å²) in [6, 6.07) is 11.2. The summed E-state index contributed by atoms with van der Waals surface area (Å²) in [5.74, 6) is 1.43. The van der Waals surface area contributed by atoms with Crippen LogP contribution in [-0.4, -0.2) is 0 Å². The number of anilines is 1. The Hall–Kier alpha value is -1.67. The van der Waals surface area contributed by atoms with Crippen LogP contribution in [0, 0.1) is 13.8 Å². The minimum Gasteiger partial charge on any atom is -0.455 e. The maximum atomic E-state index is 5.95. The highest BCUT2D eigenvalue weighted by Gasteiger charge is 2.07. The number of hydrogen-bond acceptors (Lipinski definition) is 2. The molecule has 2 rings (SSSR count). The van der Waals surface area contributed by atoms with Gasteiger partial charge in [0.15, 0.2) is 5.75 Å². The molecule has 0 spiro atoms. The van der Waals surface area contributed by atoms with E-state index in [0.29, 0.717) is 16.5 Å². The molecular formula is C14H14ClNO. The molecule has 2 nitrogen and oxygen atoms in total. The van der Waals surface area contributed by atoms with Crippen LogP contribution in [0.5, 0.6) is 11.5 Å². The molecule has 2 N–H and O–H groups in total. The molecule has 0 aliphatic heterocycles. The number of nitrogen functional groups attached to an aromatic ring is 1. The molecule has 88 valence electrons.